The smallest absolute Gasteiger partial charge is 0.418 e. The fourth-order valence-electron chi connectivity index (χ4n) is 3.07. The average molecular weight is 387 g/mol. The van der Waals surface area contributed by atoms with Gasteiger partial charge in [-0.2, -0.15) is 18.3 Å². The fraction of sp³-hybridized carbons (Fsp3) is 0.105. The van der Waals surface area contributed by atoms with E-state index in [9.17, 15) is 23.1 Å². The number of nitrogens with zero attached hydrogens (tertiary/aromatic N) is 3. The summed E-state index contributed by atoms with van der Waals surface area (Å²) in [5.41, 5.74) is -0.830. The van der Waals surface area contributed by atoms with Crippen LogP contribution in [0, 0.1) is 6.92 Å². The maximum absolute atomic E-state index is 13.5. The maximum atomic E-state index is 13.5. The summed E-state index contributed by atoms with van der Waals surface area (Å²) >= 11 is 0. The Bertz CT molecular complexity index is 1190. The molecule has 9 heteroatoms. The van der Waals surface area contributed by atoms with E-state index in [1.165, 1.54) is 37.5 Å². The third-order valence-corrected chi connectivity index (χ3v) is 4.25. The lowest BCUT2D eigenvalue weighted by Crippen LogP contribution is -2.12. The van der Waals surface area contributed by atoms with Crippen LogP contribution in [0.4, 0.5) is 13.2 Å². The van der Waals surface area contributed by atoms with Crippen molar-refractivity contribution >= 4 is 17.0 Å². The molecule has 0 saturated heterocycles. The highest BCUT2D eigenvalue weighted by Gasteiger charge is 2.35. The van der Waals surface area contributed by atoms with Gasteiger partial charge in [0.15, 0.2) is 11.4 Å². The highest BCUT2D eigenvalue weighted by Crippen LogP contribution is 2.36. The number of aromatic nitrogens is 3. The molecule has 6 nitrogen and oxygen atoms in total. The van der Waals surface area contributed by atoms with E-state index in [1.807, 2.05) is 0 Å². The van der Waals surface area contributed by atoms with Crippen molar-refractivity contribution in [2.24, 2.45) is 0 Å². The van der Waals surface area contributed by atoms with Crippen molar-refractivity contribution in [2.45, 2.75) is 13.1 Å². The first-order valence-corrected chi connectivity index (χ1v) is 8.11. The summed E-state index contributed by atoms with van der Waals surface area (Å²) in [6.07, 6.45) is -3.22. The number of pyridine rings is 1. The van der Waals surface area contributed by atoms with Gasteiger partial charge in [-0.1, -0.05) is 12.1 Å². The van der Waals surface area contributed by atoms with E-state index < -0.39 is 17.7 Å². The molecule has 0 radical (unpaired) electrons. The number of alkyl halides is 3. The van der Waals surface area contributed by atoms with Crippen molar-refractivity contribution in [3.05, 3.63) is 65.5 Å². The van der Waals surface area contributed by atoms with Gasteiger partial charge >= 0.3 is 12.1 Å². The van der Waals surface area contributed by atoms with E-state index in [2.05, 4.69) is 10.1 Å². The number of hydrogen-bond donors (Lipinski definition) is 1. The Labute approximate surface area is 155 Å². The summed E-state index contributed by atoms with van der Waals surface area (Å²) in [5.74, 6) is -0.953. The lowest BCUT2D eigenvalue weighted by molar-refractivity contribution is -0.137. The molecule has 4 rings (SSSR count). The molecule has 0 spiro atoms. The molecule has 0 saturated carbocycles. The molecule has 3 heterocycles. The van der Waals surface area contributed by atoms with Gasteiger partial charge in [-0.05, 0) is 37.3 Å². The zero-order chi connectivity index (χ0) is 20.1. The van der Waals surface area contributed by atoms with Crippen molar-refractivity contribution in [1.82, 2.24) is 14.8 Å². The molecular weight excluding hydrogens is 375 g/mol. The van der Waals surface area contributed by atoms with Gasteiger partial charge in [0.1, 0.15) is 5.69 Å². The molecule has 1 aromatic carbocycles. The maximum Gasteiger partial charge on any atom is 0.418 e. The van der Waals surface area contributed by atoms with Crippen molar-refractivity contribution in [3.8, 4) is 17.1 Å². The average Bonchev–Trinajstić information content (AvgIpc) is 3.29. The summed E-state index contributed by atoms with van der Waals surface area (Å²) in [4.78, 5) is 16.1. The zero-order valence-corrected chi connectivity index (χ0v) is 14.4. The molecule has 0 aliphatic heterocycles. The number of rotatable bonds is 3. The highest BCUT2D eigenvalue weighted by atomic mass is 19.4. The second kappa shape index (κ2) is 6.22. The number of aryl methyl sites for hydroxylation is 1. The molecule has 0 unspecified atom stereocenters. The molecule has 0 atom stereocenters. The summed E-state index contributed by atoms with van der Waals surface area (Å²) in [7, 11) is 0. The number of aromatic carboxylic acids is 1. The van der Waals surface area contributed by atoms with Crippen LogP contribution in [0.15, 0.2) is 53.1 Å². The predicted molar refractivity (Wildman–Crippen MR) is 93.3 cm³/mol. The second-order valence-corrected chi connectivity index (χ2v) is 6.05. The van der Waals surface area contributed by atoms with Crippen LogP contribution in [0.25, 0.3) is 28.2 Å². The van der Waals surface area contributed by atoms with Gasteiger partial charge in [-0.15, -0.1) is 0 Å². The Kier molecular flexibility index (Phi) is 3.95. The van der Waals surface area contributed by atoms with Gasteiger partial charge < -0.3 is 9.52 Å². The zero-order valence-electron chi connectivity index (χ0n) is 14.4. The van der Waals surface area contributed by atoms with E-state index in [4.69, 9.17) is 4.42 Å². The summed E-state index contributed by atoms with van der Waals surface area (Å²) in [6, 6.07) is 9.42. The minimum absolute atomic E-state index is 0.000463. The lowest BCUT2D eigenvalue weighted by Gasteiger charge is -2.13. The van der Waals surface area contributed by atoms with Crippen molar-refractivity contribution in [3.63, 3.8) is 0 Å². The minimum Gasteiger partial charge on any atom is -0.478 e. The van der Waals surface area contributed by atoms with Crippen LogP contribution in [0.5, 0.6) is 0 Å². The third-order valence-electron chi connectivity index (χ3n) is 4.25. The predicted octanol–water partition coefficient (Wildman–Crippen LogP) is 4.71. The SMILES string of the molecule is Cc1nn(-c2ccccc2C(F)(F)F)c2nc(-c3ccco3)cc(C(=O)O)c12. The lowest BCUT2D eigenvalue weighted by atomic mass is 10.1. The van der Waals surface area contributed by atoms with E-state index in [-0.39, 0.29) is 33.7 Å². The first-order chi connectivity index (χ1) is 13.3. The van der Waals surface area contributed by atoms with Gasteiger partial charge in [0.2, 0.25) is 0 Å². The Morgan fingerprint density at radius 2 is 1.93 bits per heavy atom. The van der Waals surface area contributed by atoms with Gasteiger partial charge in [-0.3, -0.25) is 0 Å². The first-order valence-electron chi connectivity index (χ1n) is 8.11. The number of carboxylic acids is 1. The number of carbonyl (C=O) groups is 1. The van der Waals surface area contributed by atoms with Gasteiger partial charge in [0, 0.05) is 0 Å². The van der Waals surface area contributed by atoms with Crippen LogP contribution >= 0.6 is 0 Å². The topological polar surface area (TPSA) is 81.2 Å². The van der Waals surface area contributed by atoms with E-state index in [1.54, 1.807) is 12.1 Å². The first kappa shape index (κ1) is 17.8. The number of benzene rings is 1. The number of fused-ring (bicyclic) bond motifs is 1. The monoisotopic (exact) mass is 387 g/mol. The van der Waals surface area contributed by atoms with E-state index in [0.29, 0.717) is 5.76 Å². The van der Waals surface area contributed by atoms with Crippen molar-refractivity contribution < 1.29 is 27.5 Å². The molecule has 0 fully saturated rings. The molecular formula is C19H12F3N3O3. The fourth-order valence-corrected chi connectivity index (χ4v) is 3.07. The molecule has 142 valence electrons. The van der Waals surface area contributed by atoms with Crippen LogP contribution in [-0.4, -0.2) is 25.8 Å². The van der Waals surface area contributed by atoms with Crippen LogP contribution in [-0.2, 0) is 6.18 Å². The minimum atomic E-state index is -4.61. The van der Waals surface area contributed by atoms with E-state index >= 15 is 0 Å². The highest BCUT2D eigenvalue weighted by molar-refractivity contribution is 6.04. The number of halogens is 3. The van der Waals surface area contributed by atoms with Crippen LogP contribution < -0.4 is 0 Å². The van der Waals surface area contributed by atoms with Gasteiger partial charge in [0.05, 0.1) is 34.2 Å². The van der Waals surface area contributed by atoms with E-state index in [0.717, 1.165) is 10.7 Å². The second-order valence-electron chi connectivity index (χ2n) is 6.05. The summed E-state index contributed by atoms with van der Waals surface area (Å²) < 4.78 is 46.7. The van der Waals surface area contributed by atoms with Gasteiger partial charge in [-0.25, -0.2) is 14.5 Å². The number of furan rings is 1. The standard InChI is InChI=1S/C19H12F3N3O3/c1-10-16-11(18(26)27)9-13(15-7-4-8-28-15)23-17(16)25(24-10)14-6-3-2-5-12(14)19(20,21)22/h2-9H,1H3,(H,26,27). The summed E-state index contributed by atoms with van der Waals surface area (Å²) in [5, 5.41) is 13.9. The van der Waals surface area contributed by atoms with Crippen molar-refractivity contribution in [2.75, 3.05) is 0 Å². The molecule has 28 heavy (non-hydrogen) atoms. The third kappa shape index (κ3) is 2.81. The Morgan fingerprint density at radius 1 is 1.18 bits per heavy atom. The van der Waals surface area contributed by atoms with Crippen LogP contribution in [0.1, 0.15) is 21.6 Å². The molecule has 1 N–H and O–H groups in total. The Balaban J connectivity index is 2.09. The van der Waals surface area contributed by atoms with Gasteiger partial charge in [0.25, 0.3) is 0 Å². The number of para-hydroxylation sites is 1. The molecule has 0 bridgehead atoms. The van der Waals surface area contributed by atoms with Crippen molar-refractivity contribution in [1.29, 1.82) is 0 Å². The van der Waals surface area contributed by atoms with Crippen LogP contribution in [0.2, 0.25) is 0 Å². The Morgan fingerprint density at radius 3 is 2.57 bits per heavy atom. The normalized spacial score (nSPS) is 11.9. The largest absolute Gasteiger partial charge is 0.478 e. The number of hydrogen-bond acceptors (Lipinski definition) is 4. The number of carboxylic acid groups (broad SMARTS) is 1. The quantitative estimate of drug-likeness (QED) is 0.551. The molecule has 4 aromatic rings. The summed E-state index contributed by atoms with van der Waals surface area (Å²) in [6.45, 7) is 1.52. The molecule has 0 amide bonds. The molecule has 3 aromatic heterocycles. The molecule has 0 aliphatic rings. The molecule has 0 aliphatic carbocycles. The Hall–Kier alpha value is -3.62. The van der Waals surface area contributed by atoms with Crippen LogP contribution in [0.3, 0.4) is 0 Å².